The predicted octanol–water partition coefficient (Wildman–Crippen LogP) is 1.12. The zero-order valence-electron chi connectivity index (χ0n) is 13.1. The van der Waals surface area contributed by atoms with Crippen LogP contribution in [0.4, 0.5) is 0 Å². The molecule has 1 fully saturated rings. The van der Waals surface area contributed by atoms with Crippen LogP contribution in [-0.2, 0) is 0 Å². The van der Waals surface area contributed by atoms with Crippen LogP contribution in [0.1, 0.15) is 16.8 Å². The maximum Gasteiger partial charge on any atom is 0.259 e. The fourth-order valence-electron chi connectivity index (χ4n) is 2.71. The number of amides is 1. The minimum atomic E-state index is -0.0726. The third-order valence-electron chi connectivity index (χ3n) is 3.84. The van der Waals surface area contributed by atoms with Gasteiger partial charge in [-0.3, -0.25) is 4.79 Å². The van der Waals surface area contributed by atoms with Crippen LogP contribution >= 0.6 is 0 Å². The summed E-state index contributed by atoms with van der Waals surface area (Å²) in [5, 5.41) is 0. The molecule has 0 spiro atoms. The number of carbonyl (C=O) groups excluding carboxylic acids is 1. The van der Waals surface area contributed by atoms with Gasteiger partial charge in [0.25, 0.3) is 5.91 Å². The van der Waals surface area contributed by atoms with Crippen molar-refractivity contribution in [3.05, 3.63) is 17.7 Å². The standard InChI is InChI=1S/C15H23N3O3/c1-17-8-7-11(9-17)10-18(2)15(19)12-5-6-13(20-3)16-14(12)21-4/h5-6,11H,7-10H2,1-4H3/t11-/m1/s1. The molecular formula is C15H23N3O3. The summed E-state index contributed by atoms with van der Waals surface area (Å²) >= 11 is 0. The maximum atomic E-state index is 12.5. The van der Waals surface area contributed by atoms with Crippen molar-refractivity contribution >= 4 is 5.91 Å². The number of hydrogen-bond donors (Lipinski definition) is 0. The number of rotatable bonds is 5. The Bertz CT molecular complexity index is 507. The highest BCUT2D eigenvalue weighted by Gasteiger charge is 2.25. The Morgan fingerprint density at radius 3 is 2.76 bits per heavy atom. The minimum Gasteiger partial charge on any atom is -0.481 e. The fraction of sp³-hybridized carbons (Fsp3) is 0.600. The van der Waals surface area contributed by atoms with Gasteiger partial charge in [-0.25, -0.2) is 0 Å². The molecule has 21 heavy (non-hydrogen) atoms. The van der Waals surface area contributed by atoms with Gasteiger partial charge in [-0.2, -0.15) is 4.98 Å². The second-order valence-corrected chi connectivity index (χ2v) is 5.51. The molecule has 0 aliphatic carbocycles. The summed E-state index contributed by atoms with van der Waals surface area (Å²) in [6, 6.07) is 3.37. The number of likely N-dealkylation sites (tertiary alicyclic amines) is 1. The Morgan fingerprint density at radius 2 is 2.19 bits per heavy atom. The number of ether oxygens (including phenoxy) is 2. The first-order valence-corrected chi connectivity index (χ1v) is 7.08. The van der Waals surface area contributed by atoms with E-state index in [0.717, 1.165) is 26.1 Å². The molecule has 1 saturated heterocycles. The molecule has 2 rings (SSSR count). The molecule has 0 saturated carbocycles. The third-order valence-corrected chi connectivity index (χ3v) is 3.84. The molecule has 0 radical (unpaired) electrons. The van der Waals surface area contributed by atoms with Crippen LogP contribution in [0.5, 0.6) is 11.8 Å². The Balaban J connectivity index is 2.08. The molecule has 6 heteroatoms. The molecule has 0 N–H and O–H groups in total. The van der Waals surface area contributed by atoms with Crippen molar-refractivity contribution in [2.45, 2.75) is 6.42 Å². The lowest BCUT2D eigenvalue weighted by Crippen LogP contribution is -2.33. The average molecular weight is 293 g/mol. The smallest absolute Gasteiger partial charge is 0.259 e. The van der Waals surface area contributed by atoms with Gasteiger partial charge in [-0.05, 0) is 32.0 Å². The van der Waals surface area contributed by atoms with Crippen LogP contribution in [0.15, 0.2) is 12.1 Å². The summed E-state index contributed by atoms with van der Waals surface area (Å²) in [5.41, 5.74) is 0.465. The Kier molecular flexibility index (Phi) is 5.01. The molecule has 0 aromatic carbocycles. The van der Waals surface area contributed by atoms with E-state index in [0.29, 0.717) is 23.2 Å². The van der Waals surface area contributed by atoms with Crippen LogP contribution < -0.4 is 9.47 Å². The molecule has 2 heterocycles. The molecule has 1 amide bonds. The van der Waals surface area contributed by atoms with E-state index < -0.39 is 0 Å². The van der Waals surface area contributed by atoms with Crippen molar-refractivity contribution < 1.29 is 14.3 Å². The Labute approximate surface area is 125 Å². The molecule has 1 atom stereocenters. The van der Waals surface area contributed by atoms with Gasteiger partial charge >= 0.3 is 0 Å². The van der Waals surface area contributed by atoms with Crippen molar-refractivity contribution in [3.8, 4) is 11.8 Å². The summed E-state index contributed by atoms with van der Waals surface area (Å²) in [6.45, 7) is 2.88. The first kappa shape index (κ1) is 15.6. The molecule has 1 aliphatic rings. The largest absolute Gasteiger partial charge is 0.481 e. The fourth-order valence-corrected chi connectivity index (χ4v) is 2.71. The lowest BCUT2D eigenvalue weighted by atomic mass is 10.1. The van der Waals surface area contributed by atoms with Crippen LogP contribution in [0.2, 0.25) is 0 Å². The summed E-state index contributed by atoms with van der Waals surface area (Å²) in [4.78, 5) is 20.7. The van der Waals surface area contributed by atoms with Gasteiger partial charge in [0.1, 0.15) is 5.56 Å². The molecule has 6 nitrogen and oxygen atoms in total. The van der Waals surface area contributed by atoms with Crippen LogP contribution in [0.25, 0.3) is 0 Å². The molecule has 1 aliphatic heterocycles. The number of aromatic nitrogens is 1. The number of methoxy groups -OCH3 is 2. The zero-order chi connectivity index (χ0) is 15.4. The van der Waals surface area contributed by atoms with E-state index in [-0.39, 0.29) is 5.91 Å². The second-order valence-electron chi connectivity index (χ2n) is 5.51. The van der Waals surface area contributed by atoms with Gasteiger partial charge in [-0.15, -0.1) is 0 Å². The third kappa shape index (κ3) is 3.64. The van der Waals surface area contributed by atoms with E-state index in [1.54, 1.807) is 17.0 Å². The van der Waals surface area contributed by atoms with Crippen LogP contribution in [-0.4, -0.2) is 68.6 Å². The van der Waals surface area contributed by atoms with Crippen molar-refractivity contribution in [1.82, 2.24) is 14.8 Å². The number of carbonyl (C=O) groups is 1. The average Bonchev–Trinajstić information content (AvgIpc) is 2.90. The number of pyridine rings is 1. The summed E-state index contributed by atoms with van der Waals surface area (Å²) < 4.78 is 10.2. The summed E-state index contributed by atoms with van der Waals surface area (Å²) in [7, 11) is 6.97. The van der Waals surface area contributed by atoms with Crippen molar-refractivity contribution in [2.24, 2.45) is 5.92 Å². The predicted molar refractivity (Wildman–Crippen MR) is 79.9 cm³/mol. The van der Waals surface area contributed by atoms with E-state index in [1.807, 2.05) is 7.05 Å². The van der Waals surface area contributed by atoms with Crippen molar-refractivity contribution in [3.63, 3.8) is 0 Å². The van der Waals surface area contributed by atoms with E-state index in [9.17, 15) is 4.79 Å². The lowest BCUT2D eigenvalue weighted by Gasteiger charge is -2.22. The van der Waals surface area contributed by atoms with Gasteiger partial charge in [0, 0.05) is 26.2 Å². The quantitative estimate of drug-likeness (QED) is 0.814. The van der Waals surface area contributed by atoms with E-state index in [2.05, 4.69) is 16.9 Å². The second kappa shape index (κ2) is 6.76. The summed E-state index contributed by atoms with van der Waals surface area (Å²) in [5.74, 6) is 1.19. The van der Waals surface area contributed by atoms with Crippen molar-refractivity contribution in [2.75, 3.05) is 47.9 Å². The highest BCUT2D eigenvalue weighted by molar-refractivity contribution is 5.96. The van der Waals surface area contributed by atoms with Crippen LogP contribution in [0.3, 0.4) is 0 Å². The lowest BCUT2D eigenvalue weighted by molar-refractivity contribution is 0.0769. The molecule has 1 aromatic heterocycles. The molecular weight excluding hydrogens is 270 g/mol. The normalized spacial score (nSPS) is 18.6. The van der Waals surface area contributed by atoms with Gasteiger partial charge in [0.15, 0.2) is 0 Å². The topological polar surface area (TPSA) is 54.9 Å². The monoisotopic (exact) mass is 293 g/mol. The highest BCUT2D eigenvalue weighted by atomic mass is 16.5. The summed E-state index contributed by atoms with van der Waals surface area (Å²) in [6.07, 6.45) is 1.13. The first-order chi connectivity index (χ1) is 10.0. The molecule has 1 aromatic rings. The highest BCUT2D eigenvalue weighted by Crippen LogP contribution is 2.22. The first-order valence-electron chi connectivity index (χ1n) is 7.08. The Morgan fingerprint density at radius 1 is 1.43 bits per heavy atom. The SMILES string of the molecule is COc1ccc(C(=O)N(C)C[C@@H]2CCN(C)C2)c(OC)n1. The van der Waals surface area contributed by atoms with Gasteiger partial charge in [0.2, 0.25) is 11.8 Å². The zero-order valence-corrected chi connectivity index (χ0v) is 13.1. The minimum absolute atomic E-state index is 0.0726. The molecule has 0 bridgehead atoms. The van der Waals surface area contributed by atoms with E-state index in [4.69, 9.17) is 9.47 Å². The Hall–Kier alpha value is -1.82. The van der Waals surface area contributed by atoms with E-state index >= 15 is 0 Å². The van der Waals surface area contributed by atoms with Crippen molar-refractivity contribution in [1.29, 1.82) is 0 Å². The molecule has 0 unspecified atom stereocenters. The van der Waals surface area contributed by atoms with Gasteiger partial charge < -0.3 is 19.3 Å². The van der Waals surface area contributed by atoms with E-state index in [1.165, 1.54) is 14.2 Å². The number of hydrogen-bond acceptors (Lipinski definition) is 5. The van der Waals surface area contributed by atoms with Crippen LogP contribution in [0, 0.1) is 5.92 Å². The van der Waals surface area contributed by atoms with Gasteiger partial charge in [0.05, 0.1) is 14.2 Å². The molecule has 116 valence electrons. The maximum absolute atomic E-state index is 12.5. The number of nitrogens with zero attached hydrogens (tertiary/aromatic N) is 3. The van der Waals surface area contributed by atoms with Gasteiger partial charge in [-0.1, -0.05) is 0 Å².